The van der Waals surface area contributed by atoms with Gasteiger partial charge in [-0.2, -0.15) is 0 Å². The zero-order valence-electron chi connectivity index (χ0n) is 13.5. The van der Waals surface area contributed by atoms with E-state index < -0.39 is 17.7 Å². The van der Waals surface area contributed by atoms with Crippen molar-refractivity contribution in [3.05, 3.63) is 48.2 Å². The number of amides is 1. The fraction of sp³-hybridized carbons (Fsp3) is 0.444. The maximum absolute atomic E-state index is 12.7. The second kappa shape index (κ2) is 8.37. The average molecular weight is 303 g/mol. The minimum atomic E-state index is -0.557. The molecule has 0 fully saturated rings. The summed E-state index contributed by atoms with van der Waals surface area (Å²) in [6, 6.07) is 9.59. The van der Waals surface area contributed by atoms with E-state index in [0.29, 0.717) is 13.0 Å². The summed E-state index contributed by atoms with van der Waals surface area (Å²) in [5.74, 6) is -1.76. The molecule has 0 aliphatic heterocycles. The Balaban J connectivity index is 3.11. The second-order valence-corrected chi connectivity index (χ2v) is 5.69. The molecule has 120 valence electrons. The molecular formula is C18H25NO3. The molecule has 0 bridgehead atoms. The number of ether oxygens (including phenoxy) is 1. The first-order chi connectivity index (χ1) is 10.4. The third-order valence-corrected chi connectivity index (χ3v) is 3.71. The molecule has 1 aromatic rings. The number of nitrogens with two attached hydrogens (primary N) is 1. The van der Waals surface area contributed by atoms with Crippen molar-refractivity contribution in [2.45, 2.75) is 27.2 Å². The van der Waals surface area contributed by atoms with Gasteiger partial charge in [-0.25, -0.2) is 0 Å². The van der Waals surface area contributed by atoms with Gasteiger partial charge in [0.25, 0.3) is 0 Å². The van der Waals surface area contributed by atoms with E-state index in [1.165, 1.54) is 0 Å². The summed E-state index contributed by atoms with van der Waals surface area (Å²) in [5, 5.41) is 0. The summed E-state index contributed by atoms with van der Waals surface area (Å²) in [6.07, 6.45) is 0.442. The molecule has 2 atom stereocenters. The molecule has 4 heteroatoms. The Hall–Kier alpha value is -2.10. The van der Waals surface area contributed by atoms with E-state index in [0.717, 1.165) is 5.56 Å². The van der Waals surface area contributed by atoms with E-state index in [9.17, 15) is 9.59 Å². The van der Waals surface area contributed by atoms with Crippen LogP contribution in [-0.2, 0) is 20.7 Å². The average Bonchev–Trinajstić information content (AvgIpc) is 2.46. The van der Waals surface area contributed by atoms with Gasteiger partial charge in [-0.05, 0) is 24.8 Å². The highest BCUT2D eigenvalue weighted by Gasteiger charge is 2.36. The van der Waals surface area contributed by atoms with Crippen molar-refractivity contribution >= 4 is 11.7 Å². The molecule has 2 N–H and O–H groups in total. The highest BCUT2D eigenvalue weighted by atomic mass is 16.5. The molecule has 1 amide bonds. The lowest BCUT2D eigenvalue weighted by molar-refractivity contribution is -0.133. The summed E-state index contributed by atoms with van der Waals surface area (Å²) >= 11 is 0. The van der Waals surface area contributed by atoms with Crippen molar-refractivity contribution in [1.82, 2.24) is 0 Å². The lowest BCUT2D eigenvalue weighted by Crippen LogP contribution is -2.39. The zero-order valence-corrected chi connectivity index (χ0v) is 13.5. The predicted octanol–water partition coefficient (Wildman–Crippen LogP) is 2.72. The molecule has 0 aromatic heterocycles. The second-order valence-electron chi connectivity index (χ2n) is 5.69. The number of ketones is 1. The molecule has 22 heavy (non-hydrogen) atoms. The summed E-state index contributed by atoms with van der Waals surface area (Å²) in [7, 11) is 0. The van der Waals surface area contributed by atoms with E-state index in [2.05, 4.69) is 6.58 Å². The summed E-state index contributed by atoms with van der Waals surface area (Å²) in [4.78, 5) is 24.5. The van der Waals surface area contributed by atoms with Crippen LogP contribution in [0.3, 0.4) is 0 Å². The van der Waals surface area contributed by atoms with E-state index in [4.69, 9.17) is 10.5 Å². The number of hydrogen-bond acceptors (Lipinski definition) is 3. The van der Waals surface area contributed by atoms with Crippen molar-refractivity contribution in [3.8, 4) is 0 Å². The van der Waals surface area contributed by atoms with Gasteiger partial charge < -0.3 is 10.5 Å². The summed E-state index contributed by atoms with van der Waals surface area (Å²) in [6.45, 7) is 9.63. The minimum Gasteiger partial charge on any atom is -0.491 e. The van der Waals surface area contributed by atoms with Gasteiger partial charge in [0.1, 0.15) is 0 Å². The van der Waals surface area contributed by atoms with Gasteiger partial charge in [0.05, 0.1) is 12.5 Å². The van der Waals surface area contributed by atoms with Crippen molar-refractivity contribution < 1.29 is 14.3 Å². The highest BCUT2D eigenvalue weighted by Crippen LogP contribution is 2.27. The van der Waals surface area contributed by atoms with Gasteiger partial charge in [-0.3, -0.25) is 9.59 Å². The van der Waals surface area contributed by atoms with Crippen LogP contribution in [0.25, 0.3) is 0 Å². The maximum Gasteiger partial charge on any atom is 0.221 e. The molecule has 0 radical (unpaired) electrons. The fourth-order valence-electron chi connectivity index (χ4n) is 2.69. The van der Waals surface area contributed by atoms with Gasteiger partial charge in [0.2, 0.25) is 11.7 Å². The van der Waals surface area contributed by atoms with Crippen LogP contribution >= 0.6 is 0 Å². The van der Waals surface area contributed by atoms with Gasteiger partial charge in [-0.1, -0.05) is 50.8 Å². The van der Waals surface area contributed by atoms with Crippen LogP contribution in [0.15, 0.2) is 42.7 Å². The fourth-order valence-corrected chi connectivity index (χ4v) is 2.69. The number of Topliss-reactive ketones (excluding diaryl/α,β-unsaturated/α-hetero) is 1. The topological polar surface area (TPSA) is 69.4 Å². The molecular weight excluding hydrogens is 278 g/mol. The minimum absolute atomic E-state index is 0.0374. The van der Waals surface area contributed by atoms with Crippen molar-refractivity contribution in [1.29, 1.82) is 0 Å². The monoisotopic (exact) mass is 303 g/mol. The number of allylic oxidation sites excluding steroid dienone is 1. The lowest BCUT2D eigenvalue weighted by Gasteiger charge is -2.27. The SMILES string of the molecule is C=C(OCC)C(=O)C(Cc1ccccc1)C(C(N)=O)C(C)C. The van der Waals surface area contributed by atoms with Crippen LogP contribution in [0, 0.1) is 17.8 Å². The van der Waals surface area contributed by atoms with Crippen LogP contribution in [0.5, 0.6) is 0 Å². The molecule has 1 aromatic carbocycles. The largest absolute Gasteiger partial charge is 0.491 e. The lowest BCUT2D eigenvalue weighted by atomic mass is 9.76. The maximum atomic E-state index is 12.7. The number of primary amides is 1. The molecule has 1 rings (SSSR count). The molecule has 0 saturated carbocycles. The summed E-state index contributed by atoms with van der Waals surface area (Å²) in [5.41, 5.74) is 6.53. The molecule has 0 aliphatic rings. The zero-order chi connectivity index (χ0) is 16.7. The Labute approximate surface area is 132 Å². The van der Waals surface area contributed by atoms with E-state index in [-0.39, 0.29) is 17.5 Å². The molecule has 0 saturated heterocycles. The quantitative estimate of drug-likeness (QED) is 0.563. The van der Waals surface area contributed by atoms with Crippen LogP contribution in [0.2, 0.25) is 0 Å². The first-order valence-electron chi connectivity index (χ1n) is 7.57. The smallest absolute Gasteiger partial charge is 0.221 e. The third kappa shape index (κ3) is 4.72. The molecule has 0 heterocycles. The Bertz CT molecular complexity index is 522. The molecule has 4 nitrogen and oxygen atoms in total. The predicted molar refractivity (Wildman–Crippen MR) is 86.9 cm³/mol. The van der Waals surface area contributed by atoms with Crippen LogP contribution in [-0.4, -0.2) is 18.3 Å². The Morgan fingerprint density at radius 2 is 1.82 bits per heavy atom. The Morgan fingerprint density at radius 3 is 2.27 bits per heavy atom. The number of benzene rings is 1. The number of carbonyl (C=O) groups excluding carboxylic acids is 2. The van der Waals surface area contributed by atoms with Crippen molar-refractivity contribution in [3.63, 3.8) is 0 Å². The number of carbonyl (C=O) groups is 2. The summed E-state index contributed by atoms with van der Waals surface area (Å²) < 4.78 is 5.24. The molecule has 0 spiro atoms. The van der Waals surface area contributed by atoms with Crippen LogP contribution < -0.4 is 5.73 Å². The first kappa shape index (κ1) is 18.0. The Morgan fingerprint density at radius 1 is 1.23 bits per heavy atom. The van der Waals surface area contributed by atoms with Gasteiger partial charge in [-0.15, -0.1) is 0 Å². The number of rotatable bonds is 9. The third-order valence-electron chi connectivity index (χ3n) is 3.71. The van der Waals surface area contributed by atoms with Gasteiger partial charge in [0.15, 0.2) is 5.76 Å². The van der Waals surface area contributed by atoms with E-state index in [1.54, 1.807) is 6.92 Å². The van der Waals surface area contributed by atoms with Crippen molar-refractivity contribution in [2.75, 3.05) is 6.61 Å². The normalized spacial score (nSPS) is 13.5. The standard InChI is InChI=1S/C18H25NO3/c1-5-22-13(4)17(20)15(16(12(2)3)18(19)21)11-14-9-7-6-8-10-14/h6-10,12,15-16H,4-5,11H2,1-3H3,(H2,19,21). The van der Waals surface area contributed by atoms with Crippen LogP contribution in [0.1, 0.15) is 26.3 Å². The Kier molecular flexibility index (Phi) is 6.83. The molecule has 2 unspecified atom stereocenters. The van der Waals surface area contributed by atoms with E-state index >= 15 is 0 Å². The number of hydrogen-bond donors (Lipinski definition) is 1. The molecule has 0 aliphatic carbocycles. The van der Waals surface area contributed by atoms with Crippen LogP contribution in [0.4, 0.5) is 0 Å². The van der Waals surface area contributed by atoms with E-state index in [1.807, 2.05) is 44.2 Å². The highest BCUT2D eigenvalue weighted by molar-refractivity contribution is 5.98. The first-order valence-corrected chi connectivity index (χ1v) is 7.57. The van der Waals surface area contributed by atoms with Gasteiger partial charge in [0, 0.05) is 5.92 Å². The van der Waals surface area contributed by atoms with Crippen molar-refractivity contribution in [2.24, 2.45) is 23.5 Å². The van der Waals surface area contributed by atoms with Gasteiger partial charge >= 0.3 is 0 Å².